The molecule has 0 bridgehead atoms. The third kappa shape index (κ3) is 3.12. The molecule has 0 spiro atoms. The van der Waals surface area contributed by atoms with Crippen molar-refractivity contribution >= 4 is 11.6 Å². The van der Waals surface area contributed by atoms with Crippen LogP contribution in [0.4, 0.5) is 4.39 Å². The number of fused-ring (bicyclic) bond motifs is 1. The average molecular weight is 429 g/mol. The molecule has 1 saturated heterocycles. The number of hydrogen-bond acceptors (Lipinski definition) is 4. The lowest BCUT2D eigenvalue weighted by Crippen LogP contribution is -2.60. The Bertz CT molecular complexity index is 1150. The van der Waals surface area contributed by atoms with Crippen molar-refractivity contribution in [1.29, 1.82) is 0 Å². The highest BCUT2D eigenvalue weighted by molar-refractivity contribution is 6.32. The molecule has 162 valence electrons. The summed E-state index contributed by atoms with van der Waals surface area (Å²) in [7, 11) is 0. The SMILES string of the molecule is Cc1c(F)cccc1CN1CCN(C2(c3ccccc3)C(=O)c3ccccc3C2=O)CC1. The first-order valence-electron chi connectivity index (χ1n) is 11.0. The predicted molar refractivity (Wildman–Crippen MR) is 121 cm³/mol. The maximum Gasteiger partial charge on any atom is 0.196 e. The highest BCUT2D eigenvalue weighted by Gasteiger charge is 2.58. The standard InChI is InChI=1S/C27H25FN2O2/c1-19-20(8-7-13-24(19)28)18-29-14-16-30(17-15-29)27(21-9-3-2-4-10-21)25(31)22-11-5-6-12-23(22)26(27)32/h2-13H,14-18H2,1H3. The molecular formula is C27H25FN2O2. The highest BCUT2D eigenvalue weighted by atomic mass is 19.1. The molecule has 0 amide bonds. The van der Waals surface area contributed by atoms with Gasteiger partial charge in [0.25, 0.3) is 0 Å². The Labute approximate surface area is 187 Å². The molecule has 3 aromatic carbocycles. The van der Waals surface area contributed by atoms with Crippen LogP contribution < -0.4 is 0 Å². The van der Waals surface area contributed by atoms with Crippen molar-refractivity contribution in [2.45, 2.75) is 19.0 Å². The third-order valence-electron chi connectivity index (χ3n) is 6.89. The summed E-state index contributed by atoms with van der Waals surface area (Å²) in [6, 6.07) is 21.7. The second kappa shape index (κ2) is 8.08. The maximum absolute atomic E-state index is 14.0. The molecule has 0 unspecified atom stereocenters. The van der Waals surface area contributed by atoms with Crippen LogP contribution in [0, 0.1) is 12.7 Å². The van der Waals surface area contributed by atoms with Gasteiger partial charge in [-0.2, -0.15) is 0 Å². The zero-order chi connectivity index (χ0) is 22.3. The molecule has 5 heteroatoms. The fraction of sp³-hybridized carbons (Fsp3) is 0.259. The Hall–Kier alpha value is -3.15. The highest BCUT2D eigenvalue weighted by Crippen LogP contribution is 2.42. The summed E-state index contributed by atoms with van der Waals surface area (Å²) in [5.74, 6) is -0.471. The number of rotatable bonds is 4. The smallest absolute Gasteiger partial charge is 0.196 e. The van der Waals surface area contributed by atoms with Crippen LogP contribution in [0.1, 0.15) is 37.4 Å². The third-order valence-corrected chi connectivity index (χ3v) is 6.89. The van der Waals surface area contributed by atoms with E-state index >= 15 is 0 Å². The van der Waals surface area contributed by atoms with Crippen LogP contribution >= 0.6 is 0 Å². The van der Waals surface area contributed by atoms with E-state index in [0.29, 0.717) is 49.4 Å². The lowest BCUT2D eigenvalue weighted by atomic mass is 9.82. The van der Waals surface area contributed by atoms with Crippen molar-refractivity contribution in [1.82, 2.24) is 9.80 Å². The van der Waals surface area contributed by atoms with Crippen LogP contribution in [-0.4, -0.2) is 47.5 Å². The maximum atomic E-state index is 14.0. The monoisotopic (exact) mass is 428 g/mol. The molecule has 0 N–H and O–H groups in total. The van der Waals surface area contributed by atoms with E-state index in [9.17, 15) is 14.0 Å². The summed E-state index contributed by atoms with van der Waals surface area (Å²) < 4.78 is 14.0. The van der Waals surface area contributed by atoms with E-state index in [1.807, 2.05) is 53.4 Å². The Kier molecular flexibility index (Phi) is 5.24. The summed E-state index contributed by atoms with van der Waals surface area (Å²) in [4.78, 5) is 31.8. The van der Waals surface area contributed by atoms with Crippen molar-refractivity contribution in [3.05, 3.63) is 106 Å². The average Bonchev–Trinajstić information content (AvgIpc) is 3.06. The van der Waals surface area contributed by atoms with Gasteiger partial charge in [0.15, 0.2) is 17.1 Å². The summed E-state index contributed by atoms with van der Waals surface area (Å²) in [5.41, 5.74) is 2.05. The van der Waals surface area contributed by atoms with Crippen molar-refractivity contribution < 1.29 is 14.0 Å². The number of benzene rings is 3. The van der Waals surface area contributed by atoms with Gasteiger partial charge in [-0.3, -0.25) is 19.4 Å². The van der Waals surface area contributed by atoms with Crippen LogP contribution in [0.3, 0.4) is 0 Å². The fourth-order valence-corrected chi connectivity index (χ4v) is 5.09. The molecule has 1 aliphatic heterocycles. The van der Waals surface area contributed by atoms with E-state index in [-0.39, 0.29) is 17.4 Å². The van der Waals surface area contributed by atoms with Gasteiger partial charge in [-0.15, -0.1) is 0 Å². The lowest BCUT2D eigenvalue weighted by molar-refractivity contribution is 0.0279. The second-order valence-electron chi connectivity index (χ2n) is 8.57. The quantitative estimate of drug-likeness (QED) is 0.584. The molecule has 32 heavy (non-hydrogen) atoms. The van der Waals surface area contributed by atoms with Gasteiger partial charge < -0.3 is 0 Å². The predicted octanol–water partition coefficient (Wildman–Crippen LogP) is 4.23. The second-order valence-corrected chi connectivity index (χ2v) is 8.57. The van der Waals surface area contributed by atoms with E-state index in [4.69, 9.17) is 0 Å². The fourth-order valence-electron chi connectivity index (χ4n) is 5.09. The van der Waals surface area contributed by atoms with Crippen molar-refractivity contribution in [2.75, 3.05) is 26.2 Å². The number of hydrogen-bond donors (Lipinski definition) is 0. The first-order chi connectivity index (χ1) is 15.5. The zero-order valence-electron chi connectivity index (χ0n) is 18.1. The van der Waals surface area contributed by atoms with Gasteiger partial charge in [0.1, 0.15) is 5.82 Å². The van der Waals surface area contributed by atoms with E-state index < -0.39 is 5.54 Å². The molecule has 0 saturated carbocycles. The van der Waals surface area contributed by atoms with Crippen LogP contribution in [0.15, 0.2) is 72.8 Å². The minimum absolute atomic E-state index is 0.140. The molecule has 1 heterocycles. The van der Waals surface area contributed by atoms with Crippen LogP contribution in [-0.2, 0) is 12.1 Å². The van der Waals surface area contributed by atoms with E-state index in [1.165, 1.54) is 6.07 Å². The van der Waals surface area contributed by atoms with Gasteiger partial charge in [0.05, 0.1) is 0 Å². The molecule has 0 radical (unpaired) electrons. The Morgan fingerprint density at radius 2 is 1.38 bits per heavy atom. The normalized spacial score (nSPS) is 18.7. The summed E-state index contributed by atoms with van der Waals surface area (Å²) in [6.45, 7) is 5.00. The summed E-state index contributed by atoms with van der Waals surface area (Å²) >= 11 is 0. The molecule has 4 nitrogen and oxygen atoms in total. The Balaban J connectivity index is 1.45. The van der Waals surface area contributed by atoms with Crippen molar-refractivity contribution in [2.24, 2.45) is 0 Å². The minimum atomic E-state index is -1.31. The molecule has 0 aromatic heterocycles. The molecule has 1 fully saturated rings. The van der Waals surface area contributed by atoms with Crippen molar-refractivity contribution in [3.63, 3.8) is 0 Å². The Morgan fingerprint density at radius 1 is 0.781 bits per heavy atom. The van der Waals surface area contributed by atoms with Crippen molar-refractivity contribution in [3.8, 4) is 0 Å². The van der Waals surface area contributed by atoms with Crippen LogP contribution in [0.2, 0.25) is 0 Å². The van der Waals surface area contributed by atoms with E-state index in [1.54, 1.807) is 25.1 Å². The largest absolute Gasteiger partial charge is 0.297 e. The van der Waals surface area contributed by atoms with Crippen LogP contribution in [0.25, 0.3) is 0 Å². The summed E-state index contributed by atoms with van der Waals surface area (Å²) in [5, 5.41) is 0. The molecule has 2 aliphatic rings. The topological polar surface area (TPSA) is 40.6 Å². The molecule has 0 atom stereocenters. The molecule has 5 rings (SSSR count). The van der Waals surface area contributed by atoms with Gasteiger partial charge in [-0.25, -0.2) is 4.39 Å². The van der Waals surface area contributed by atoms with Gasteiger partial charge in [0, 0.05) is 43.9 Å². The number of piperazine rings is 1. The zero-order valence-corrected chi connectivity index (χ0v) is 18.1. The van der Waals surface area contributed by atoms with Gasteiger partial charge in [-0.1, -0.05) is 66.7 Å². The Morgan fingerprint density at radius 3 is 2.00 bits per heavy atom. The number of Topliss-reactive ketones (excluding diaryl/α,β-unsaturated/α-hetero) is 2. The number of carbonyl (C=O) groups is 2. The number of carbonyl (C=O) groups excluding carboxylic acids is 2. The lowest BCUT2D eigenvalue weighted by Gasteiger charge is -2.44. The number of halogens is 1. The summed E-state index contributed by atoms with van der Waals surface area (Å²) in [6.07, 6.45) is 0. The molecule has 3 aromatic rings. The van der Waals surface area contributed by atoms with Gasteiger partial charge in [-0.05, 0) is 29.7 Å². The number of ketones is 2. The van der Waals surface area contributed by atoms with Crippen LogP contribution in [0.5, 0.6) is 0 Å². The first-order valence-corrected chi connectivity index (χ1v) is 11.0. The van der Waals surface area contributed by atoms with E-state index in [2.05, 4.69) is 4.90 Å². The van der Waals surface area contributed by atoms with E-state index in [0.717, 1.165) is 11.1 Å². The minimum Gasteiger partial charge on any atom is -0.297 e. The first kappa shape index (κ1) is 20.7. The van der Waals surface area contributed by atoms with Gasteiger partial charge >= 0.3 is 0 Å². The van der Waals surface area contributed by atoms with Gasteiger partial charge in [0.2, 0.25) is 0 Å². The molecular weight excluding hydrogens is 403 g/mol. The number of nitrogens with zero attached hydrogens (tertiary/aromatic N) is 2. The molecule has 1 aliphatic carbocycles.